The molecule has 2 atom stereocenters. The van der Waals surface area contributed by atoms with E-state index in [0.717, 1.165) is 55.4 Å². The Morgan fingerprint density at radius 1 is 1.06 bits per heavy atom. The molecule has 5 heteroatoms. The number of carbonyl (C=O) groups is 1. The van der Waals surface area contributed by atoms with Crippen molar-refractivity contribution in [1.82, 2.24) is 0 Å². The molecule has 4 nitrogen and oxygen atoms in total. The van der Waals surface area contributed by atoms with Crippen LogP contribution in [0.5, 0.6) is 11.5 Å². The minimum Gasteiger partial charge on any atom is -0.497 e. The largest absolute Gasteiger partial charge is 0.497 e. The van der Waals surface area contributed by atoms with E-state index in [1.807, 2.05) is 37.3 Å². The van der Waals surface area contributed by atoms with E-state index < -0.39 is 11.9 Å². The van der Waals surface area contributed by atoms with Crippen LogP contribution in [0.3, 0.4) is 0 Å². The highest BCUT2D eigenvalue weighted by molar-refractivity contribution is 5.71. The predicted octanol–water partition coefficient (Wildman–Crippen LogP) is 6.40. The number of methoxy groups -OCH3 is 1. The number of carboxylic acid groups (broad SMARTS) is 1. The third kappa shape index (κ3) is 5.25. The summed E-state index contributed by atoms with van der Waals surface area (Å²) in [6.45, 7) is 2.45. The minimum absolute atomic E-state index is 0.0456. The van der Waals surface area contributed by atoms with Crippen molar-refractivity contribution in [3.8, 4) is 11.5 Å². The van der Waals surface area contributed by atoms with Gasteiger partial charge in [-0.3, -0.25) is 4.79 Å². The van der Waals surface area contributed by atoms with Gasteiger partial charge in [-0.25, -0.2) is 4.39 Å². The zero-order valence-electron chi connectivity index (χ0n) is 18.9. The number of ether oxygens (including phenoxy) is 2. The molecule has 0 bridgehead atoms. The number of rotatable bonds is 9. The quantitative estimate of drug-likeness (QED) is 0.490. The summed E-state index contributed by atoms with van der Waals surface area (Å²) in [5.74, 6) is 1.40. The lowest BCUT2D eigenvalue weighted by Gasteiger charge is -2.29. The Kier molecular flexibility index (Phi) is 7.02. The standard InChI is InChI=1S/C27H33FO4/c1-17(27(29)30)26(20-10-11-20)21-4-3-5-23(14-21)32-16-18-6-8-19(9-7-18)24-15-22(31-2)12-13-25(24)28/h3-5,12-15,17-20,26H,6-11,16H2,1-2H3,(H,29,30). The molecule has 172 valence electrons. The smallest absolute Gasteiger partial charge is 0.306 e. The van der Waals surface area contributed by atoms with Crippen LogP contribution in [0.15, 0.2) is 42.5 Å². The number of halogens is 1. The van der Waals surface area contributed by atoms with E-state index >= 15 is 0 Å². The van der Waals surface area contributed by atoms with Crippen molar-refractivity contribution in [2.75, 3.05) is 13.7 Å². The van der Waals surface area contributed by atoms with Crippen molar-refractivity contribution in [2.24, 2.45) is 17.8 Å². The maximum absolute atomic E-state index is 14.3. The number of hydrogen-bond acceptors (Lipinski definition) is 3. The third-order valence-electron chi connectivity index (χ3n) is 7.28. The molecule has 2 saturated carbocycles. The molecule has 4 rings (SSSR count). The number of hydrogen-bond donors (Lipinski definition) is 1. The van der Waals surface area contributed by atoms with Crippen LogP contribution in [-0.2, 0) is 4.79 Å². The molecule has 2 aromatic carbocycles. The van der Waals surface area contributed by atoms with Gasteiger partial charge in [-0.1, -0.05) is 19.1 Å². The molecule has 0 aliphatic heterocycles. The molecule has 0 amide bonds. The summed E-state index contributed by atoms with van der Waals surface area (Å²) in [6, 6.07) is 13.0. The number of carboxylic acids is 1. The summed E-state index contributed by atoms with van der Waals surface area (Å²) in [6.07, 6.45) is 6.09. The first-order valence-corrected chi connectivity index (χ1v) is 11.7. The first-order chi connectivity index (χ1) is 15.5. The second kappa shape index (κ2) is 9.93. The molecule has 0 spiro atoms. The summed E-state index contributed by atoms with van der Waals surface area (Å²) in [4.78, 5) is 11.6. The molecule has 2 aromatic rings. The van der Waals surface area contributed by atoms with E-state index in [0.29, 0.717) is 24.2 Å². The second-order valence-corrected chi connectivity index (χ2v) is 9.48. The van der Waals surface area contributed by atoms with Crippen molar-refractivity contribution in [3.63, 3.8) is 0 Å². The average molecular weight is 441 g/mol. The van der Waals surface area contributed by atoms with Crippen molar-refractivity contribution in [1.29, 1.82) is 0 Å². The normalized spacial score (nSPS) is 22.7. The molecule has 32 heavy (non-hydrogen) atoms. The van der Waals surface area contributed by atoms with Gasteiger partial charge in [-0.2, -0.15) is 0 Å². The Balaban J connectivity index is 1.33. The summed E-state index contributed by atoms with van der Waals surface area (Å²) in [5.41, 5.74) is 1.83. The molecule has 2 fully saturated rings. The van der Waals surface area contributed by atoms with Crippen LogP contribution in [0, 0.1) is 23.6 Å². The first kappa shape index (κ1) is 22.6. The lowest BCUT2D eigenvalue weighted by Crippen LogP contribution is -2.21. The van der Waals surface area contributed by atoms with Crippen LogP contribution in [-0.4, -0.2) is 24.8 Å². The molecular weight excluding hydrogens is 407 g/mol. The van der Waals surface area contributed by atoms with Gasteiger partial charge in [-0.05, 0) is 104 Å². The van der Waals surface area contributed by atoms with Crippen LogP contribution >= 0.6 is 0 Å². The van der Waals surface area contributed by atoms with Gasteiger partial charge in [0.15, 0.2) is 0 Å². The summed E-state index contributed by atoms with van der Waals surface area (Å²) >= 11 is 0. The molecule has 0 radical (unpaired) electrons. The average Bonchev–Trinajstić information content (AvgIpc) is 3.64. The van der Waals surface area contributed by atoms with Crippen molar-refractivity contribution < 1.29 is 23.8 Å². The Morgan fingerprint density at radius 3 is 2.47 bits per heavy atom. The Hall–Kier alpha value is -2.56. The maximum atomic E-state index is 14.3. The molecule has 2 unspecified atom stereocenters. The van der Waals surface area contributed by atoms with E-state index in [9.17, 15) is 14.3 Å². The zero-order valence-corrected chi connectivity index (χ0v) is 18.9. The number of benzene rings is 2. The lowest BCUT2D eigenvalue weighted by molar-refractivity contribution is -0.142. The first-order valence-electron chi connectivity index (χ1n) is 11.7. The predicted molar refractivity (Wildman–Crippen MR) is 122 cm³/mol. The molecule has 0 heterocycles. The third-order valence-corrected chi connectivity index (χ3v) is 7.28. The Labute approximate surface area is 189 Å². The Morgan fingerprint density at radius 2 is 1.81 bits per heavy atom. The van der Waals surface area contributed by atoms with Crippen LogP contribution in [0.2, 0.25) is 0 Å². The molecule has 1 N–H and O–H groups in total. The zero-order chi connectivity index (χ0) is 22.7. The molecule has 0 aromatic heterocycles. The highest BCUT2D eigenvalue weighted by atomic mass is 19.1. The molecule has 2 aliphatic carbocycles. The van der Waals surface area contributed by atoms with E-state index in [-0.39, 0.29) is 17.7 Å². The van der Waals surface area contributed by atoms with Gasteiger partial charge in [0.2, 0.25) is 0 Å². The molecular formula is C27H33FO4. The summed E-state index contributed by atoms with van der Waals surface area (Å²) in [5, 5.41) is 9.52. The van der Waals surface area contributed by atoms with Gasteiger partial charge >= 0.3 is 5.97 Å². The van der Waals surface area contributed by atoms with Gasteiger partial charge < -0.3 is 14.6 Å². The van der Waals surface area contributed by atoms with Crippen molar-refractivity contribution in [2.45, 2.75) is 57.3 Å². The highest BCUT2D eigenvalue weighted by Crippen LogP contribution is 2.47. The highest BCUT2D eigenvalue weighted by Gasteiger charge is 2.38. The second-order valence-electron chi connectivity index (χ2n) is 9.48. The van der Waals surface area contributed by atoms with Crippen LogP contribution in [0.4, 0.5) is 4.39 Å². The SMILES string of the molecule is COc1ccc(F)c(C2CCC(COc3cccc(C(C4CC4)C(C)C(=O)O)c3)CC2)c1. The minimum atomic E-state index is -0.738. The molecule has 0 saturated heterocycles. The summed E-state index contributed by atoms with van der Waals surface area (Å²) in [7, 11) is 1.61. The summed E-state index contributed by atoms with van der Waals surface area (Å²) < 4.78 is 25.7. The van der Waals surface area contributed by atoms with Gasteiger partial charge in [0.25, 0.3) is 0 Å². The van der Waals surface area contributed by atoms with E-state index in [1.165, 1.54) is 6.07 Å². The fraction of sp³-hybridized carbons (Fsp3) is 0.519. The lowest BCUT2D eigenvalue weighted by atomic mass is 9.79. The van der Waals surface area contributed by atoms with Crippen LogP contribution < -0.4 is 9.47 Å². The van der Waals surface area contributed by atoms with Gasteiger partial charge in [0.1, 0.15) is 17.3 Å². The van der Waals surface area contributed by atoms with E-state index in [2.05, 4.69) is 0 Å². The van der Waals surface area contributed by atoms with E-state index in [1.54, 1.807) is 13.2 Å². The van der Waals surface area contributed by atoms with Crippen molar-refractivity contribution >= 4 is 5.97 Å². The fourth-order valence-electron chi connectivity index (χ4n) is 5.21. The number of aliphatic carboxylic acids is 1. The van der Waals surface area contributed by atoms with Gasteiger partial charge in [-0.15, -0.1) is 0 Å². The topological polar surface area (TPSA) is 55.8 Å². The van der Waals surface area contributed by atoms with E-state index in [4.69, 9.17) is 9.47 Å². The van der Waals surface area contributed by atoms with Crippen molar-refractivity contribution in [3.05, 3.63) is 59.4 Å². The van der Waals surface area contributed by atoms with Gasteiger partial charge in [0, 0.05) is 0 Å². The molecule has 2 aliphatic rings. The Bertz CT molecular complexity index is 931. The van der Waals surface area contributed by atoms with Gasteiger partial charge in [0.05, 0.1) is 19.6 Å². The monoisotopic (exact) mass is 440 g/mol. The van der Waals surface area contributed by atoms with Crippen LogP contribution in [0.1, 0.15) is 68.4 Å². The van der Waals surface area contributed by atoms with Crippen LogP contribution in [0.25, 0.3) is 0 Å². The fourth-order valence-corrected chi connectivity index (χ4v) is 5.21. The maximum Gasteiger partial charge on any atom is 0.306 e.